The molecule has 0 heteroatoms. The largest absolute Gasteiger partial charge is 0.0616 e. The summed E-state index contributed by atoms with van der Waals surface area (Å²) in [5.74, 6) is 0. The molecule has 0 saturated carbocycles. The van der Waals surface area contributed by atoms with Crippen molar-refractivity contribution in [1.29, 1.82) is 0 Å². The summed E-state index contributed by atoms with van der Waals surface area (Å²) in [7, 11) is 0. The Balaban J connectivity index is 1.78. The molecular weight excluding hydrogens is 312 g/mol. The van der Waals surface area contributed by atoms with Gasteiger partial charge in [0.25, 0.3) is 0 Å². The van der Waals surface area contributed by atoms with Crippen molar-refractivity contribution < 1.29 is 0 Å². The number of rotatable bonds is 0. The topological polar surface area (TPSA) is 0 Å². The number of fused-ring (bicyclic) bond motifs is 4. The van der Waals surface area contributed by atoms with Crippen LogP contribution in [0.25, 0.3) is 23.3 Å². The average molecular weight is 332 g/mol. The second-order valence-electron chi connectivity index (χ2n) is 8.12. The summed E-state index contributed by atoms with van der Waals surface area (Å²) in [6.45, 7) is 4.89. The maximum absolute atomic E-state index is 2.44. The van der Waals surface area contributed by atoms with E-state index >= 15 is 0 Å². The molecule has 0 amide bonds. The average Bonchev–Trinajstić information content (AvgIpc) is 2.66. The van der Waals surface area contributed by atoms with E-state index in [1.165, 1.54) is 44.5 Å². The SMILES string of the molecule is C[C@]12C3=Cc4ccccc4C1=CC=C1c4ccccc4C=C(C=C3)[C@@]12C. The molecule has 0 aliphatic heterocycles. The van der Waals surface area contributed by atoms with E-state index in [1.54, 1.807) is 0 Å². The smallest absolute Gasteiger partial charge is 0.0315 e. The van der Waals surface area contributed by atoms with Crippen molar-refractivity contribution in [2.24, 2.45) is 10.8 Å². The minimum absolute atomic E-state index is 0.0421. The third-order valence-electron chi connectivity index (χ3n) is 7.22. The van der Waals surface area contributed by atoms with Gasteiger partial charge in [-0.25, -0.2) is 0 Å². The van der Waals surface area contributed by atoms with Crippen molar-refractivity contribution in [2.45, 2.75) is 13.8 Å². The molecule has 0 unspecified atom stereocenters. The van der Waals surface area contributed by atoms with Crippen LogP contribution in [0.3, 0.4) is 0 Å². The van der Waals surface area contributed by atoms with Crippen LogP contribution in [-0.2, 0) is 0 Å². The molecular formula is C26H20. The van der Waals surface area contributed by atoms with Crippen LogP contribution in [0.4, 0.5) is 0 Å². The zero-order chi connectivity index (χ0) is 17.5. The minimum Gasteiger partial charge on any atom is -0.0616 e. The van der Waals surface area contributed by atoms with E-state index in [-0.39, 0.29) is 10.8 Å². The number of hydrogen-bond acceptors (Lipinski definition) is 0. The molecule has 2 aromatic rings. The minimum atomic E-state index is -0.0421. The molecule has 4 aliphatic carbocycles. The Bertz CT molecular complexity index is 1060. The van der Waals surface area contributed by atoms with E-state index < -0.39 is 0 Å². The second-order valence-corrected chi connectivity index (χ2v) is 8.12. The van der Waals surface area contributed by atoms with Crippen molar-refractivity contribution >= 4 is 23.3 Å². The molecule has 0 nitrogen and oxygen atoms in total. The highest BCUT2D eigenvalue weighted by atomic mass is 14.6. The molecule has 0 N–H and O–H groups in total. The van der Waals surface area contributed by atoms with Crippen molar-refractivity contribution in [3.63, 3.8) is 0 Å². The molecule has 0 bridgehead atoms. The third-order valence-corrected chi connectivity index (χ3v) is 7.22. The normalized spacial score (nSPS) is 29.5. The monoisotopic (exact) mass is 332 g/mol. The molecule has 124 valence electrons. The summed E-state index contributed by atoms with van der Waals surface area (Å²) in [6, 6.07) is 17.6. The van der Waals surface area contributed by atoms with E-state index in [4.69, 9.17) is 0 Å². The first kappa shape index (κ1) is 14.3. The molecule has 0 spiro atoms. The van der Waals surface area contributed by atoms with Gasteiger partial charge in [-0.15, -0.1) is 0 Å². The van der Waals surface area contributed by atoms with Crippen LogP contribution < -0.4 is 0 Å². The maximum Gasteiger partial charge on any atom is 0.0315 e. The predicted octanol–water partition coefficient (Wildman–Crippen LogP) is 6.54. The first-order valence-corrected chi connectivity index (χ1v) is 9.38. The van der Waals surface area contributed by atoms with Gasteiger partial charge in [-0.3, -0.25) is 0 Å². The van der Waals surface area contributed by atoms with Gasteiger partial charge in [-0.2, -0.15) is 0 Å². The van der Waals surface area contributed by atoms with Gasteiger partial charge in [0.2, 0.25) is 0 Å². The summed E-state index contributed by atoms with van der Waals surface area (Å²) in [5, 5.41) is 0. The Morgan fingerprint density at radius 1 is 0.577 bits per heavy atom. The molecule has 2 aromatic carbocycles. The highest BCUT2D eigenvalue weighted by Crippen LogP contribution is 2.69. The Kier molecular flexibility index (Phi) is 2.45. The molecule has 6 rings (SSSR count). The molecule has 0 saturated heterocycles. The summed E-state index contributed by atoms with van der Waals surface area (Å²) < 4.78 is 0. The highest BCUT2D eigenvalue weighted by Gasteiger charge is 2.58. The first-order valence-electron chi connectivity index (χ1n) is 9.38. The number of hydrogen-bond donors (Lipinski definition) is 0. The van der Waals surface area contributed by atoms with Gasteiger partial charge in [0, 0.05) is 10.8 Å². The fourth-order valence-corrected chi connectivity index (χ4v) is 5.61. The van der Waals surface area contributed by atoms with Gasteiger partial charge in [-0.1, -0.05) is 98.8 Å². The van der Waals surface area contributed by atoms with Crippen LogP contribution in [0, 0.1) is 10.8 Å². The lowest BCUT2D eigenvalue weighted by Gasteiger charge is -2.57. The van der Waals surface area contributed by atoms with Crippen LogP contribution in [0.5, 0.6) is 0 Å². The summed E-state index contributed by atoms with van der Waals surface area (Å²) in [5.41, 5.74) is 11.1. The fraction of sp³-hybridized carbons (Fsp3) is 0.154. The van der Waals surface area contributed by atoms with E-state index in [2.05, 4.69) is 98.8 Å². The Labute approximate surface area is 154 Å². The lowest BCUT2D eigenvalue weighted by molar-refractivity contribution is 0.307. The summed E-state index contributed by atoms with van der Waals surface area (Å²) in [4.78, 5) is 0. The van der Waals surface area contributed by atoms with Gasteiger partial charge in [0.1, 0.15) is 0 Å². The lowest BCUT2D eigenvalue weighted by atomic mass is 9.44. The fourth-order valence-electron chi connectivity index (χ4n) is 5.61. The van der Waals surface area contributed by atoms with Gasteiger partial charge >= 0.3 is 0 Å². The number of allylic oxidation sites excluding steroid dienone is 8. The highest BCUT2D eigenvalue weighted by molar-refractivity contribution is 5.99. The molecule has 0 aromatic heterocycles. The quantitative estimate of drug-likeness (QED) is 0.513. The summed E-state index contributed by atoms with van der Waals surface area (Å²) >= 11 is 0. The second kappa shape index (κ2) is 4.45. The van der Waals surface area contributed by atoms with E-state index in [9.17, 15) is 0 Å². The third kappa shape index (κ3) is 1.40. The van der Waals surface area contributed by atoms with Crippen LogP contribution in [0.1, 0.15) is 36.1 Å². The summed E-state index contributed by atoms with van der Waals surface area (Å²) in [6.07, 6.45) is 14.2. The van der Waals surface area contributed by atoms with E-state index in [0.717, 1.165) is 0 Å². The Morgan fingerprint density at radius 3 is 1.46 bits per heavy atom. The van der Waals surface area contributed by atoms with Gasteiger partial charge in [-0.05, 0) is 44.5 Å². The molecule has 2 atom stereocenters. The Morgan fingerprint density at radius 2 is 1.00 bits per heavy atom. The van der Waals surface area contributed by atoms with E-state index in [0.29, 0.717) is 0 Å². The van der Waals surface area contributed by atoms with Gasteiger partial charge in [0.05, 0.1) is 0 Å². The molecule has 0 heterocycles. The molecule has 0 radical (unpaired) electrons. The molecule has 26 heavy (non-hydrogen) atoms. The lowest BCUT2D eigenvalue weighted by Crippen LogP contribution is -2.47. The Hall–Kier alpha value is -2.86. The van der Waals surface area contributed by atoms with Crippen LogP contribution in [0.15, 0.2) is 84.0 Å². The number of benzene rings is 2. The van der Waals surface area contributed by atoms with Crippen molar-refractivity contribution in [1.82, 2.24) is 0 Å². The van der Waals surface area contributed by atoms with Crippen LogP contribution >= 0.6 is 0 Å². The van der Waals surface area contributed by atoms with Crippen molar-refractivity contribution in [2.75, 3.05) is 0 Å². The van der Waals surface area contributed by atoms with Gasteiger partial charge in [0.15, 0.2) is 0 Å². The first-order chi connectivity index (χ1) is 12.6. The molecule has 0 fully saturated rings. The van der Waals surface area contributed by atoms with Crippen molar-refractivity contribution in [3.05, 3.63) is 106 Å². The van der Waals surface area contributed by atoms with Crippen molar-refractivity contribution in [3.8, 4) is 0 Å². The molecule has 4 aliphatic rings. The van der Waals surface area contributed by atoms with E-state index in [1.807, 2.05) is 0 Å². The van der Waals surface area contributed by atoms with Gasteiger partial charge < -0.3 is 0 Å². The zero-order valence-corrected chi connectivity index (χ0v) is 15.1. The predicted molar refractivity (Wildman–Crippen MR) is 110 cm³/mol. The zero-order valence-electron chi connectivity index (χ0n) is 15.1. The standard InChI is InChI=1S/C26H20/c1-25-19-11-12-20-16-18-8-4-6-10-22(18)24(26(20,25)2)14-13-23(25)21-9-5-3-7-17(21)15-19/h3-16H,1-2H3/t25-,26-/m0/s1. The van der Waals surface area contributed by atoms with Crippen LogP contribution in [0.2, 0.25) is 0 Å². The maximum atomic E-state index is 2.44. The van der Waals surface area contributed by atoms with Crippen LogP contribution in [-0.4, -0.2) is 0 Å².